The molecular weight excluding hydrogens is 276 g/mol. The van der Waals surface area contributed by atoms with E-state index < -0.39 is 0 Å². The first-order valence-electron chi connectivity index (χ1n) is 6.96. The SMILES string of the molecule is Nc1cccnc1Oc1ccc(OCc2ccccc2)cc1. The van der Waals surface area contributed by atoms with Gasteiger partial charge in [-0.3, -0.25) is 0 Å². The molecule has 0 saturated heterocycles. The number of nitrogens with zero attached hydrogens (tertiary/aromatic N) is 1. The first-order chi connectivity index (χ1) is 10.8. The van der Waals surface area contributed by atoms with E-state index in [1.165, 1.54) is 0 Å². The molecule has 0 aliphatic rings. The first-order valence-corrected chi connectivity index (χ1v) is 6.96. The largest absolute Gasteiger partial charge is 0.489 e. The summed E-state index contributed by atoms with van der Waals surface area (Å²) >= 11 is 0. The van der Waals surface area contributed by atoms with Gasteiger partial charge in [0.1, 0.15) is 18.1 Å². The molecule has 0 aliphatic carbocycles. The van der Waals surface area contributed by atoms with Crippen molar-refractivity contribution in [1.82, 2.24) is 4.98 Å². The second-order valence-electron chi connectivity index (χ2n) is 4.75. The number of ether oxygens (including phenoxy) is 2. The number of nitrogen functional groups attached to an aromatic ring is 1. The van der Waals surface area contributed by atoms with Crippen LogP contribution in [0.2, 0.25) is 0 Å². The summed E-state index contributed by atoms with van der Waals surface area (Å²) in [7, 11) is 0. The zero-order chi connectivity index (χ0) is 15.2. The van der Waals surface area contributed by atoms with E-state index in [1.807, 2.05) is 54.6 Å². The van der Waals surface area contributed by atoms with Crippen molar-refractivity contribution in [2.24, 2.45) is 0 Å². The monoisotopic (exact) mass is 292 g/mol. The third kappa shape index (κ3) is 3.55. The van der Waals surface area contributed by atoms with Crippen molar-refractivity contribution < 1.29 is 9.47 Å². The molecule has 0 saturated carbocycles. The van der Waals surface area contributed by atoms with Crippen LogP contribution in [0.3, 0.4) is 0 Å². The third-order valence-electron chi connectivity index (χ3n) is 3.09. The van der Waals surface area contributed by atoms with Crippen molar-refractivity contribution in [1.29, 1.82) is 0 Å². The Morgan fingerprint density at radius 1 is 0.818 bits per heavy atom. The fourth-order valence-electron chi connectivity index (χ4n) is 1.94. The molecule has 0 atom stereocenters. The van der Waals surface area contributed by atoms with Gasteiger partial charge in [0.2, 0.25) is 5.88 Å². The van der Waals surface area contributed by atoms with Gasteiger partial charge in [0.05, 0.1) is 5.69 Å². The Balaban J connectivity index is 1.62. The Labute approximate surface area is 129 Å². The number of rotatable bonds is 5. The van der Waals surface area contributed by atoms with Gasteiger partial charge in [0.25, 0.3) is 0 Å². The summed E-state index contributed by atoms with van der Waals surface area (Å²) in [5, 5.41) is 0. The second-order valence-corrected chi connectivity index (χ2v) is 4.75. The van der Waals surface area contributed by atoms with Crippen LogP contribution in [0.1, 0.15) is 5.56 Å². The van der Waals surface area contributed by atoms with E-state index in [2.05, 4.69) is 4.98 Å². The van der Waals surface area contributed by atoms with E-state index in [-0.39, 0.29) is 0 Å². The van der Waals surface area contributed by atoms with Gasteiger partial charge in [0.15, 0.2) is 0 Å². The van der Waals surface area contributed by atoms with E-state index in [4.69, 9.17) is 15.2 Å². The van der Waals surface area contributed by atoms with Gasteiger partial charge < -0.3 is 15.2 Å². The molecule has 2 aromatic carbocycles. The minimum Gasteiger partial charge on any atom is -0.489 e. The van der Waals surface area contributed by atoms with Crippen LogP contribution >= 0.6 is 0 Å². The molecule has 4 heteroatoms. The highest BCUT2D eigenvalue weighted by Crippen LogP contribution is 2.26. The molecule has 3 rings (SSSR count). The van der Waals surface area contributed by atoms with Crippen LogP contribution in [0.25, 0.3) is 0 Å². The van der Waals surface area contributed by atoms with Crippen molar-refractivity contribution in [3.05, 3.63) is 78.5 Å². The molecule has 4 nitrogen and oxygen atoms in total. The lowest BCUT2D eigenvalue weighted by molar-refractivity contribution is 0.305. The molecule has 1 aromatic heterocycles. The molecule has 0 aliphatic heterocycles. The Hall–Kier alpha value is -3.01. The summed E-state index contributed by atoms with van der Waals surface area (Å²) in [6, 6.07) is 20.9. The maximum absolute atomic E-state index is 5.80. The van der Waals surface area contributed by atoms with Gasteiger partial charge in [-0.1, -0.05) is 30.3 Å². The molecule has 0 amide bonds. The molecule has 0 bridgehead atoms. The summed E-state index contributed by atoms with van der Waals surface area (Å²) in [5.74, 6) is 1.85. The van der Waals surface area contributed by atoms with Crippen molar-refractivity contribution >= 4 is 5.69 Å². The molecule has 1 heterocycles. The summed E-state index contributed by atoms with van der Waals surface area (Å²) in [6.07, 6.45) is 1.64. The number of nitrogens with two attached hydrogens (primary N) is 1. The second kappa shape index (κ2) is 6.63. The van der Waals surface area contributed by atoms with Gasteiger partial charge >= 0.3 is 0 Å². The highest BCUT2D eigenvalue weighted by atomic mass is 16.5. The van der Waals surface area contributed by atoms with Crippen LogP contribution in [0.5, 0.6) is 17.4 Å². The van der Waals surface area contributed by atoms with E-state index in [1.54, 1.807) is 18.3 Å². The maximum Gasteiger partial charge on any atom is 0.242 e. The molecule has 3 aromatic rings. The van der Waals surface area contributed by atoms with E-state index in [0.29, 0.717) is 23.9 Å². The fraction of sp³-hybridized carbons (Fsp3) is 0.0556. The number of benzene rings is 2. The summed E-state index contributed by atoms with van der Waals surface area (Å²) in [4.78, 5) is 4.09. The topological polar surface area (TPSA) is 57.4 Å². The third-order valence-corrected chi connectivity index (χ3v) is 3.09. The number of hydrogen-bond acceptors (Lipinski definition) is 4. The zero-order valence-corrected chi connectivity index (χ0v) is 12.0. The molecule has 2 N–H and O–H groups in total. The van der Waals surface area contributed by atoms with Gasteiger partial charge in [-0.25, -0.2) is 4.98 Å². The summed E-state index contributed by atoms with van der Waals surface area (Å²) < 4.78 is 11.4. The van der Waals surface area contributed by atoms with Gasteiger partial charge in [-0.15, -0.1) is 0 Å². The summed E-state index contributed by atoms with van der Waals surface area (Å²) in [6.45, 7) is 0.536. The smallest absolute Gasteiger partial charge is 0.242 e. The number of aromatic nitrogens is 1. The van der Waals surface area contributed by atoms with Crippen LogP contribution in [-0.4, -0.2) is 4.98 Å². The first kappa shape index (κ1) is 13.9. The van der Waals surface area contributed by atoms with Gasteiger partial charge in [-0.2, -0.15) is 0 Å². The Morgan fingerprint density at radius 2 is 1.55 bits per heavy atom. The molecule has 0 fully saturated rings. The summed E-state index contributed by atoms with van der Waals surface area (Å²) in [5.41, 5.74) is 7.43. The van der Waals surface area contributed by atoms with Crippen LogP contribution in [0.15, 0.2) is 72.9 Å². The van der Waals surface area contributed by atoms with E-state index >= 15 is 0 Å². The maximum atomic E-state index is 5.80. The lowest BCUT2D eigenvalue weighted by Crippen LogP contribution is -1.96. The van der Waals surface area contributed by atoms with Crippen molar-refractivity contribution in [2.45, 2.75) is 6.61 Å². The van der Waals surface area contributed by atoms with Crippen molar-refractivity contribution in [3.8, 4) is 17.4 Å². The predicted molar refractivity (Wildman–Crippen MR) is 85.9 cm³/mol. The van der Waals surface area contributed by atoms with Crippen LogP contribution in [0, 0.1) is 0 Å². The average molecular weight is 292 g/mol. The molecule has 22 heavy (non-hydrogen) atoms. The van der Waals surface area contributed by atoms with Crippen LogP contribution in [-0.2, 0) is 6.61 Å². The average Bonchev–Trinajstić information content (AvgIpc) is 2.57. The van der Waals surface area contributed by atoms with Gasteiger partial charge in [-0.05, 0) is 42.0 Å². The minimum absolute atomic E-state index is 0.403. The standard InChI is InChI=1S/C18H16N2O2/c19-17-7-4-12-20-18(17)22-16-10-8-15(9-11-16)21-13-14-5-2-1-3-6-14/h1-12H,13,19H2. The molecule has 110 valence electrons. The van der Waals surface area contributed by atoms with Crippen molar-refractivity contribution in [3.63, 3.8) is 0 Å². The lowest BCUT2D eigenvalue weighted by atomic mass is 10.2. The van der Waals surface area contributed by atoms with E-state index in [9.17, 15) is 0 Å². The molecule has 0 radical (unpaired) electrons. The Morgan fingerprint density at radius 3 is 2.27 bits per heavy atom. The minimum atomic E-state index is 0.403. The van der Waals surface area contributed by atoms with E-state index in [0.717, 1.165) is 11.3 Å². The molecule has 0 spiro atoms. The number of pyridine rings is 1. The highest BCUT2D eigenvalue weighted by Gasteiger charge is 2.03. The van der Waals surface area contributed by atoms with Crippen molar-refractivity contribution in [2.75, 3.05) is 5.73 Å². The highest BCUT2D eigenvalue weighted by molar-refractivity contribution is 5.49. The lowest BCUT2D eigenvalue weighted by Gasteiger charge is -2.09. The normalized spacial score (nSPS) is 10.2. The van der Waals surface area contributed by atoms with Crippen LogP contribution in [0.4, 0.5) is 5.69 Å². The fourth-order valence-corrected chi connectivity index (χ4v) is 1.94. The number of anilines is 1. The zero-order valence-electron chi connectivity index (χ0n) is 12.0. The predicted octanol–water partition coefficient (Wildman–Crippen LogP) is 4.04. The number of hydrogen-bond donors (Lipinski definition) is 1. The van der Waals surface area contributed by atoms with Crippen LogP contribution < -0.4 is 15.2 Å². The Kier molecular flexibility index (Phi) is 4.20. The molecule has 0 unspecified atom stereocenters. The quantitative estimate of drug-likeness (QED) is 0.771. The van der Waals surface area contributed by atoms with Gasteiger partial charge in [0, 0.05) is 6.20 Å². The Bertz CT molecular complexity index is 728. The molecular formula is C18H16N2O2.